The fraction of sp³-hybridized carbons (Fsp3) is 0.0952. The first kappa shape index (κ1) is 19.4. The first-order valence-electron chi connectivity index (χ1n) is 8.55. The molecule has 3 rings (SSSR count). The van der Waals surface area contributed by atoms with Crippen LogP contribution in [0.1, 0.15) is 10.4 Å². The molecule has 2 aromatic carbocycles. The van der Waals surface area contributed by atoms with Crippen molar-refractivity contribution in [2.75, 3.05) is 24.3 Å². The van der Waals surface area contributed by atoms with E-state index in [-0.39, 0.29) is 0 Å². The standard InChI is InChI=1S/C21H19ClN4O2/c1-3-11-23-19-13-17(14-7-5-4-6-8-14)24-21(26-19)25-18-12-15(20(27)28-2)9-10-16(18)22/h3-10,12-13H,1,11H2,2H3,(H2,23,24,25,26). The monoisotopic (exact) mass is 394 g/mol. The molecule has 0 saturated carbocycles. The van der Waals surface area contributed by atoms with Crippen molar-refractivity contribution in [3.8, 4) is 11.3 Å². The smallest absolute Gasteiger partial charge is 0.337 e. The highest BCUT2D eigenvalue weighted by atomic mass is 35.5. The lowest BCUT2D eigenvalue weighted by molar-refractivity contribution is 0.0601. The highest BCUT2D eigenvalue weighted by Crippen LogP contribution is 2.28. The second-order valence-electron chi connectivity index (χ2n) is 5.81. The van der Waals surface area contributed by atoms with Gasteiger partial charge in [-0.3, -0.25) is 0 Å². The third-order valence-corrected chi connectivity index (χ3v) is 4.19. The van der Waals surface area contributed by atoms with Crippen molar-refractivity contribution >= 4 is 35.0 Å². The zero-order valence-electron chi connectivity index (χ0n) is 15.3. The first-order valence-corrected chi connectivity index (χ1v) is 8.92. The van der Waals surface area contributed by atoms with Crippen LogP contribution in [-0.4, -0.2) is 29.6 Å². The molecular formula is C21H19ClN4O2. The summed E-state index contributed by atoms with van der Waals surface area (Å²) in [5.74, 6) is 0.528. The summed E-state index contributed by atoms with van der Waals surface area (Å²) >= 11 is 6.28. The average Bonchev–Trinajstić information content (AvgIpc) is 2.73. The Morgan fingerprint density at radius 3 is 2.68 bits per heavy atom. The number of esters is 1. The molecule has 3 aromatic rings. The molecule has 1 aromatic heterocycles. The SMILES string of the molecule is C=CCNc1cc(-c2ccccc2)nc(Nc2cc(C(=O)OC)ccc2Cl)n1. The number of nitrogens with zero attached hydrogens (tertiary/aromatic N) is 2. The summed E-state index contributed by atoms with van der Waals surface area (Å²) in [5, 5.41) is 6.69. The van der Waals surface area contributed by atoms with Crippen LogP contribution in [0.15, 0.2) is 67.3 Å². The van der Waals surface area contributed by atoms with E-state index in [1.165, 1.54) is 7.11 Å². The van der Waals surface area contributed by atoms with Gasteiger partial charge in [0.2, 0.25) is 5.95 Å². The van der Waals surface area contributed by atoms with Gasteiger partial charge in [0.1, 0.15) is 5.82 Å². The van der Waals surface area contributed by atoms with Gasteiger partial charge in [-0.2, -0.15) is 4.98 Å². The Morgan fingerprint density at radius 1 is 1.18 bits per heavy atom. The van der Waals surface area contributed by atoms with E-state index in [2.05, 4.69) is 27.2 Å². The summed E-state index contributed by atoms with van der Waals surface area (Å²) in [6.45, 7) is 4.27. The number of methoxy groups -OCH3 is 1. The van der Waals surface area contributed by atoms with E-state index in [1.807, 2.05) is 36.4 Å². The molecule has 2 N–H and O–H groups in total. The van der Waals surface area contributed by atoms with Crippen LogP contribution in [-0.2, 0) is 4.74 Å². The Morgan fingerprint density at radius 2 is 1.96 bits per heavy atom. The Labute approximate surface area is 168 Å². The van der Waals surface area contributed by atoms with Gasteiger partial charge in [-0.05, 0) is 18.2 Å². The Kier molecular flexibility index (Phi) is 6.24. The lowest BCUT2D eigenvalue weighted by Gasteiger charge is -2.12. The summed E-state index contributed by atoms with van der Waals surface area (Å²) in [4.78, 5) is 20.8. The van der Waals surface area contributed by atoms with Crippen molar-refractivity contribution in [1.82, 2.24) is 9.97 Å². The molecule has 142 valence electrons. The molecule has 0 amide bonds. The number of aromatic nitrogens is 2. The molecule has 7 heteroatoms. The van der Waals surface area contributed by atoms with Crippen LogP contribution in [0.25, 0.3) is 11.3 Å². The van der Waals surface area contributed by atoms with Crippen molar-refractivity contribution in [2.24, 2.45) is 0 Å². The van der Waals surface area contributed by atoms with Crippen LogP contribution < -0.4 is 10.6 Å². The van der Waals surface area contributed by atoms with Crippen molar-refractivity contribution in [3.05, 3.63) is 77.8 Å². The minimum atomic E-state index is -0.452. The average molecular weight is 395 g/mol. The molecule has 0 spiro atoms. The van der Waals surface area contributed by atoms with Crippen molar-refractivity contribution < 1.29 is 9.53 Å². The van der Waals surface area contributed by atoms with Crippen LogP contribution in [0, 0.1) is 0 Å². The number of carbonyl (C=O) groups excluding carboxylic acids is 1. The van der Waals surface area contributed by atoms with Gasteiger partial charge in [-0.15, -0.1) is 6.58 Å². The zero-order valence-corrected chi connectivity index (χ0v) is 16.0. The number of hydrogen-bond acceptors (Lipinski definition) is 6. The molecule has 0 unspecified atom stereocenters. The predicted molar refractivity (Wildman–Crippen MR) is 112 cm³/mol. The van der Waals surface area contributed by atoms with Gasteiger partial charge in [0.15, 0.2) is 0 Å². The largest absolute Gasteiger partial charge is 0.465 e. The molecular weight excluding hydrogens is 376 g/mol. The van der Waals surface area contributed by atoms with Gasteiger partial charge in [0.05, 0.1) is 29.1 Å². The quantitative estimate of drug-likeness (QED) is 0.437. The number of anilines is 3. The molecule has 28 heavy (non-hydrogen) atoms. The third kappa shape index (κ3) is 4.66. The van der Waals surface area contributed by atoms with Crippen LogP contribution in [0.3, 0.4) is 0 Å². The number of rotatable bonds is 7. The summed E-state index contributed by atoms with van der Waals surface area (Å²) < 4.78 is 4.76. The van der Waals surface area contributed by atoms with Gasteiger partial charge in [-0.25, -0.2) is 9.78 Å². The van der Waals surface area contributed by atoms with Crippen LogP contribution in [0.2, 0.25) is 5.02 Å². The lowest BCUT2D eigenvalue weighted by atomic mass is 10.1. The minimum Gasteiger partial charge on any atom is -0.465 e. The molecule has 0 aliphatic rings. The van der Waals surface area contributed by atoms with Gasteiger partial charge >= 0.3 is 5.97 Å². The Balaban J connectivity index is 1.99. The molecule has 0 aliphatic carbocycles. The molecule has 6 nitrogen and oxygen atoms in total. The number of carbonyl (C=O) groups is 1. The normalized spacial score (nSPS) is 10.2. The molecule has 0 atom stereocenters. The molecule has 1 heterocycles. The maximum atomic E-state index is 11.8. The van der Waals surface area contributed by atoms with E-state index < -0.39 is 5.97 Å². The second-order valence-corrected chi connectivity index (χ2v) is 6.22. The van der Waals surface area contributed by atoms with E-state index >= 15 is 0 Å². The third-order valence-electron chi connectivity index (χ3n) is 3.86. The summed E-state index contributed by atoms with van der Waals surface area (Å²) in [6, 6.07) is 16.4. The first-order chi connectivity index (χ1) is 13.6. The molecule has 0 saturated heterocycles. The van der Waals surface area contributed by atoms with E-state index in [0.717, 1.165) is 11.3 Å². The Bertz CT molecular complexity index is 993. The number of hydrogen-bond donors (Lipinski definition) is 2. The van der Waals surface area contributed by atoms with Crippen molar-refractivity contribution in [3.63, 3.8) is 0 Å². The lowest BCUT2D eigenvalue weighted by Crippen LogP contribution is -2.06. The number of nitrogens with one attached hydrogen (secondary N) is 2. The predicted octanol–water partition coefficient (Wildman–Crippen LogP) is 4.93. The topological polar surface area (TPSA) is 76.1 Å². The fourth-order valence-electron chi connectivity index (χ4n) is 2.51. The highest BCUT2D eigenvalue weighted by Gasteiger charge is 2.12. The minimum absolute atomic E-state index is 0.344. The molecule has 0 fully saturated rings. The fourth-order valence-corrected chi connectivity index (χ4v) is 2.68. The summed E-state index contributed by atoms with van der Waals surface area (Å²) in [6.07, 6.45) is 1.74. The molecule has 0 bridgehead atoms. The molecule has 0 radical (unpaired) electrons. The van der Waals surface area contributed by atoms with Gasteiger partial charge in [-0.1, -0.05) is 48.0 Å². The maximum absolute atomic E-state index is 11.8. The van der Waals surface area contributed by atoms with Crippen molar-refractivity contribution in [2.45, 2.75) is 0 Å². The maximum Gasteiger partial charge on any atom is 0.337 e. The number of halogens is 1. The number of benzene rings is 2. The van der Waals surface area contributed by atoms with Gasteiger partial charge in [0, 0.05) is 18.2 Å². The highest BCUT2D eigenvalue weighted by molar-refractivity contribution is 6.33. The van der Waals surface area contributed by atoms with E-state index in [9.17, 15) is 4.79 Å². The van der Waals surface area contributed by atoms with E-state index in [1.54, 1.807) is 24.3 Å². The zero-order chi connectivity index (χ0) is 19.9. The van der Waals surface area contributed by atoms with Gasteiger partial charge in [0.25, 0.3) is 0 Å². The number of ether oxygens (including phenoxy) is 1. The molecule has 0 aliphatic heterocycles. The second kappa shape index (κ2) is 9.01. The van der Waals surface area contributed by atoms with Crippen LogP contribution in [0.5, 0.6) is 0 Å². The van der Waals surface area contributed by atoms with Crippen LogP contribution in [0.4, 0.5) is 17.5 Å². The van der Waals surface area contributed by atoms with Crippen LogP contribution >= 0.6 is 11.6 Å². The van der Waals surface area contributed by atoms with Crippen molar-refractivity contribution in [1.29, 1.82) is 0 Å². The van der Waals surface area contributed by atoms with E-state index in [0.29, 0.717) is 34.6 Å². The van der Waals surface area contributed by atoms with E-state index in [4.69, 9.17) is 16.3 Å². The summed E-state index contributed by atoms with van der Waals surface area (Å²) in [5.41, 5.74) is 2.57. The van der Waals surface area contributed by atoms with Gasteiger partial charge < -0.3 is 15.4 Å². The Hall–Kier alpha value is -3.38. The summed E-state index contributed by atoms with van der Waals surface area (Å²) in [7, 11) is 1.33.